The van der Waals surface area contributed by atoms with Crippen molar-refractivity contribution in [2.45, 2.75) is 12.6 Å². The second kappa shape index (κ2) is 5.19. The predicted octanol–water partition coefficient (Wildman–Crippen LogP) is 3.03. The molecule has 1 rings (SSSR count). The van der Waals surface area contributed by atoms with E-state index in [0.29, 0.717) is 0 Å². The van der Waals surface area contributed by atoms with Crippen molar-refractivity contribution in [3.63, 3.8) is 0 Å². The molecule has 0 atom stereocenters. The third-order valence-corrected chi connectivity index (χ3v) is 2.04. The zero-order valence-electron chi connectivity index (χ0n) is 8.81. The molecule has 1 aromatic carbocycles. The third-order valence-electron chi connectivity index (χ3n) is 2.04. The Bertz CT molecular complexity index is 458. The van der Waals surface area contributed by atoms with E-state index in [9.17, 15) is 26.7 Å². The molecule has 0 unspecified atom stereocenters. The van der Waals surface area contributed by atoms with Crippen molar-refractivity contribution in [3.05, 3.63) is 29.3 Å². The Hall–Kier alpha value is -1.86. The van der Waals surface area contributed by atoms with E-state index in [1.165, 1.54) is 0 Å². The summed E-state index contributed by atoms with van der Waals surface area (Å²) >= 11 is 0. The summed E-state index contributed by atoms with van der Waals surface area (Å²) in [4.78, 5) is 10.5. The van der Waals surface area contributed by atoms with Crippen molar-refractivity contribution < 1.29 is 31.9 Å². The van der Waals surface area contributed by atoms with Crippen LogP contribution in [0, 0.1) is 11.6 Å². The van der Waals surface area contributed by atoms with Crippen LogP contribution in [-0.2, 0) is 0 Å². The molecule has 0 aliphatic carbocycles. The average molecular weight is 269 g/mol. The summed E-state index contributed by atoms with van der Waals surface area (Å²) in [6.07, 6.45) is -5.63. The van der Waals surface area contributed by atoms with Gasteiger partial charge in [-0.05, 0) is 12.1 Å². The van der Waals surface area contributed by atoms with E-state index in [2.05, 4.69) is 0 Å². The molecule has 0 bridgehead atoms. The van der Waals surface area contributed by atoms with Gasteiger partial charge in [0.25, 0.3) is 0 Å². The maximum Gasteiger partial charge on any atom is 0.390 e. The molecule has 8 heteroatoms. The van der Waals surface area contributed by atoms with Crippen molar-refractivity contribution in [2.24, 2.45) is 0 Å². The SMILES string of the molecule is O=C(O)c1ccc(NCCC(F)(F)F)c(F)c1F. The van der Waals surface area contributed by atoms with Gasteiger partial charge in [0.2, 0.25) is 0 Å². The van der Waals surface area contributed by atoms with Gasteiger partial charge in [-0.1, -0.05) is 0 Å². The number of carboxylic acids is 1. The molecule has 0 saturated carbocycles. The first-order chi connectivity index (χ1) is 8.22. The van der Waals surface area contributed by atoms with E-state index in [-0.39, 0.29) is 0 Å². The molecule has 0 radical (unpaired) electrons. The fourth-order valence-electron chi connectivity index (χ4n) is 1.19. The second-order valence-electron chi connectivity index (χ2n) is 3.39. The predicted molar refractivity (Wildman–Crippen MR) is 52.5 cm³/mol. The quantitative estimate of drug-likeness (QED) is 0.826. The number of carboxylic acid groups (broad SMARTS) is 1. The van der Waals surface area contributed by atoms with E-state index in [4.69, 9.17) is 5.11 Å². The summed E-state index contributed by atoms with van der Waals surface area (Å²) in [6.45, 7) is -0.633. The molecule has 18 heavy (non-hydrogen) atoms. The lowest BCUT2D eigenvalue weighted by molar-refractivity contribution is -0.131. The number of halogens is 5. The highest BCUT2D eigenvalue weighted by Crippen LogP contribution is 2.23. The zero-order chi connectivity index (χ0) is 13.9. The Morgan fingerprint density at radius 1 is 1.22 bits per heavy atom. The fraction of sp³-hybridized carbons (Fsp3) is 0.300. The number of benzene rings is 1. The molecule has 100 valence electrons. The van der Waals surface area contributed by atoms with Crippen molar-refractivity contribution in [1.29, 1.82) is 0 Å². The Balaban J connectivity index is 2.80. The molecule has 0 aliphatic heterocycles. The van der Waals surface area contributed by atoms with E-state index < -0.39 is 48.0 Å². The first kappa shape index (κ1) is 14.2. The van der Waals surface area contributed by atoms with Crippen molar-refractivity contribution >= 4 is 11.7 Å². The van der Waals surface area contributed by atoms with Gasteiger partial charge in [0.05, 0.1) is 17.7 Å². The van der Waals surface area contributed by atoms with E-state index in [1.54, 1.807) is 0 Å². The van der Waals surface area contributed by atoms with Crippen LogP contribution in [-0.4, -0.2) is 23.8 Å². The molecule has 2 N–H and O–H groups in total. The van der Waals surface area contributed by atoms with Crippen molar-refractivity contribution in [2.75, 3.05) is 11.9 Å². The minimum atomic E-state index is -4.41. The molecule has 3 nitrogen and oxygen atoms in total. The maximum absolute atomic E-state index is 13.3. The second-order valence-corrected chi connectivity index (χ2v) is 3.39. The van der Waals surface area contributed by atoms with Crippen LogP contribution in [0.2, 0.25) is 0 Å². The third kappa shape index (κ3) is 3.57. The Morgan fingerprint density at radius 2 is 1.83 bits per heavy atom. The zero-order valence-corrected chi connectivity index (χ0v) is 8.81. The number of nitrogens with one attached hydrogen (secondary N) is 1. The Morgan fingerprint density at radius 3 is 2.33 bits per heavy atom. The number of anilines is 1. The monoisotopic (exact) mass is 269 g/mol. The van der Waals surface area contributed by atoms with Crippen LogP contribution in [0.3, 0.4) is 0 Å². The summed E-state index contributed by atoms with van der Waals surface area (Å²) in [5, 5.41) is 10.5. The molecular weight excluding hydrogens is 261 g/mol. The summed E-state index contributed by atoms with van der Waals surface area (Å²) in [5.74, 6) is -4.79. The number of alkyl halides is 3. The van der Waals surface area contributed by atoms with Gasteiger partial charge >= 0.3 is 12.1 Å². The van der Waals surface area contributed by atoms with E-state index >= 15 is 0 Å². The molecule has 0 saturated heterocycles. The van der Waals surface area contributed by atoms with Gasteiger partial charge in [-0.15, -0.1) is 0 Å². The van der Waals surface area contributed by atoms with E-state index in [0.717, 1.165) is 12.1 Å². The van der Waals surface area contributed by atoms with Gasteiger partial charge in [-0.3, -0.25) is 0 Å². The first-order valence-corrected chi connectivity index (χ1v) is 4.74. The first-order valence-electron chi connectivity index (χ1n) is 4.74. The minimum Gasteiger partial charge on any atom is -0.478 e. The summed E-state index contributed by atoms with van der Waals surface area (Å²) in [6, 6.07) is 1.65. The highest BCUT2D eigenvalue weighted by molar-refractivity contribution is 5.88. The molecular formula is C10H8F5NO2. The van der Waals surface area contributed by atoms with Crippen LogP contribution in [0.15, 0.2) is 12.1 Å². The van der Waals surface area contributed by atoms with Crippen LogP contribution in [0.4, 0.5) is 27.6 Å². The van der Waals surface area contributed by atoms with Crippen LogP contribution in [0.1, 0.15) is 16.8 Å². The lowest BCUT2D eigenvalue weighted by Gasteiger charge is -2.10. The minimum absolute atomic E-state index is 0.512. The highest BCUT2D eigenvalue weighted by Gasteiger charge is 2.26. The highest BCUT2D eigenvalue weighted by atomic mass is 19.4. The number of hydrogen-bond donors (Lipinski definition) is 2. The summed E-state index contributed by atoms with van der Waals surface area (Å²) in [5.41, 5.74) is -1.39. The van der Waals surface area contributed by atoms with Crippen LogP contribution < -0.4 is 5.32 Å². The average Bonchev–Trinajstić information content (AvgIpc) is 2.22. The largest absolute Gasteiger partial charge is 0.478 e. The van der Waals surface area contributed by atoms with Gasteiger partial charge in [-0.25, -0.2) is 13.6 Å². The molecule has 0 heterocycles. The van der Waals surface area contributed by atoms with Crippen molar-refractivity contribution in [1.82, 2.24) is 0 Å². The molecule has 0 spiro atoms. The molecule has 0 aliphatic rings. The topological polar surface area (TPSA) is 49.3 Å². The Labute approximate surface area is 98.2 Å². The summed E-state index contributed by atoms with van der Waals surface area (Å²) in [7, 11) is 0. The smallest absolute Gasteiger partial charge is 0.390 e. The van der Waals surface area contributed by atoms with Crippen molar-refractivity contribution in [3.8, 4) is 0 Å². The Kier molecular flexibility index (Phi) is 4.10. The lowest BCUT2D eigenvalue weighted by atomic mass is 10.2. The summed E-state index contributed by atoms with van der Waals surface area (Å²) < 4.78 is 61.9. The molecule has 0 fully saturated rings. The number of carbonyl (C=O) groups is 1. The normalized spacial score (nSPS) is 11.4. The van der Waals surface area contributed by atoms with Gasteiger partial charge in [0, 0.05) is 6.54 Å². The number of rotatable bonds is 4. The van der Waals surface area contributed by atoms with Gasteiger partial charge < -0.3 is 10.4 Å². The number of aromatic carboxylic acids is 1. The van der Waals surface area contributed by atoms with Crippen LogP contribution in [0.5, 0.6) is 0 Å². The van der Waals surface area contributed by atoms with Crippen LogP contribution >= 0.6 is 0 Å². The maximum atomic E-state index is 13.3. The lowest BCUT2D eigenvalue weighted by Crippen LogP contribution is -2.15. The molecule has 0 amide bonds. The van der Waals surface area contributed by atoms with Gasteiger partial charge in [0.1, 0.15) is 0 Å². The van der Waals surface area contributed by atoms with Gasteiger partial charge in [-0.2, -0.15) is 13.2 Å². The standard InChI is InChI=1S/C10H8F5NO2/c11-7-5(9(17)18)1-2-6(8(7)12)16-4-3-10(13,14)15/h1-2,16H,3-4H2,(H,17,18). The van der Waals surface area contributed by atoms with E-state index in [1.807, 2.05) is 5.32 Å². The molecule has 1 aromatic rings. The molecule has 0 aromatic heterocycles. The number of hydrogen-bond acceptors (Lipinski definition) is 2. The van der Waals surface area contributed by atoms with Crippen LogP contribution in [0.25, 0.3) is 0 Å². The van der Waals surface area contributed by atoms with Gasteiger partial charge in [0.15, 0.2) is 11.6 Å². The fourth-order valence-corrected chi connectivity index (χ4v) is 1.19.